The molecule has 0 aliphatic rings. The van der Waals surface area contributed by atoms with E-state index >= 15 is 0 Å². The zero-order valence-electron chi connectivity index (χ0n) is 9.73. The molecule has 0 fully saturated rings. The molecule has 1 rings (SSSR count). The van der Waals surface area contributed by atoms with Crippen LogP contribution in [0.15, 0.2) is 24.3 Å². The Morgan fingerprint density at radius 1 is 1.40 bits per heavy atom. The van der Waals surface area contributed by atoms with Crippen molar-refractivity contribution in [3.05, 3.63) is 29.8 Å². The van der Waals surface area contributed by atoms with E-state index in [9.17, 15) is 0 Å². The van der Waals surface area contributed by atoms with Crippen LogP contribution in [0.4, 0.5) is 0 Å². The van der Waals surface area contributed by atoms with Gasteiger partial charge in [-0.25, -0.2) is 0 Å². The maximum atomic E-state index is 5.74. The van der Waals surface area contributed by atoms with Gasteiger partial charge in [-0.15, -0.1) is 0 Å². The summed E-state index contributed by atoms with van der Waals surface area (Å²) in [6.07, 6.45) is 0. The van der Waals surface area contributed by atoms with Gasteiger partial charge >= 0.3 is 0 Å². The number of hydrogen-bond donors (Lipinski definition) is 1. The van der Waals surface area contributed by atoms with Gasteiger partial charge in [0.25, 0.3) is 0 Å². The van der Waals surface area contributed by atoms with Gasteiger partial charge in [-0.3, -0.25) is 0 Å². The molecule has 0 saturated heterocycles. The minimum atomic E-state index is 0.199. The minimum absolute atomic E-state index is 0.199. The number of nitrogens with zero attached hydrogens (tertiary/aromatic N) is 1. The molecule has 0 unspecified atom stereocenters. The third kappa shape index (κ3) is 3.90. The van der Waals surface area contributed by atoms with Crippen molar-refractivity contribution < 1.29 is 4.74 Å². The molecule has 0 saturated carbocycles. The standard InChI is InChI=1S/C12H20N2O/c1-10(13)8-14(2)9-11-6-4-5-7-12(11)15-3/h4-7,10H,8-9,13H2,1-3H3/t10-/m0/s1. The van der Waals surface area contributed by atoms with E-state index in [1.54, 1.807) is 7.11 Å². The molecular weight excluding hydrogens is 188 g/mol. The zero-order chi connectivity index (χ0) is 11.3. The molecule has 0 radical (unpaired) electrons. The summed E-state index contributed by atoms with van der Waals surface area (Å²) in [5.74, 6) is 0.939. The number of benzene rings is 1. The summed E-state index contributed by atoms with van der Waals surface area (Å²) >= 11 is 0. The Labute approximate surface area is 91.8 Å². The summed E-state index contributed by atoms with van der Waals surface area (Å²) in [7, 11) is 3.76. The quantitative estimate of drug-likeness (QED) is 0.796. The second-order valence-corrected chi connectivity index (χ2v) is 3.99. The second-order valence-electron chi connectivity index (χ2n) is 3.99. The Kier molecular flexibility index (Phi) is 4.59. The molecule has 1 aromatic carbocycles. The average molecular weight is 208 g/mol. The van der Waals surface area contributed by atoms with E-state index in [0.717, 1.165) is 18.8 Å². The van der Waals surface area contributed by atoms with E-state index < -0.39 is 0 Å². The molecule has 0 aliphatic heterocycles. The van der Waals surface area contributed by atoms with Crippen molar-refractivity contribution in [1.29, 1.82) is 0 Å². The van der Waals surface area contributed by atoms with Crippen molar-refractivity contribution in [2.75, 3.05) is 20.7 Å². The molecule has 84 valence electrons. The first-order chi connectivity index (χ1) is 7.13. The number of likely N-dealkylation sites (N-methyl/N-ethyl adjacent to an activating group) is 1. The fourth-order valence-electron chi connectivity index (χ4n) is 1.68. The van der Waals surface area contributed by atoms with Crippen molar-refractivity contribution >= 4 is 0 Å². The maximum absolute atomic E-state index is 5.74. The number of para-hydroxylation sites is 1. The summed E-state index contributed by atoms with van der Waals surface area (Å²) < 4.78 is 5.29. The lowest BCUT2D eigenvalue weighted by Crippen LogP contribution is -2.32. The highest BCUT2D eigenvalue weighted by Gasteiger charge is 2.06. The molecule has 1 atom stereocenters. The molecular formula is C12H20N2O. The highest BCUT2D eigenvalue weighted by atomic mass is 16.5. The van der Waals surface area contributed by atoms with E-state index in [1.165, 1.54) is 5.56 Å². The monoisotopic (exact) mass is 208 g/mol. The first-order valence-corrected chi connectivity index (χ1v) is 5.19. The molecule has 0 aromatic heterocycles. The van der Waals surface area contributed by atoms with Crippen molar-refractivity contribution in [3.8, 4) is 5.75 Å². The van der Waals surface area contributed by atoms with Gasteiger partial charge in [0.2, 0.25) is 0 Å². The molecule has 3 heteroatoms. The molecule has 2 N–H and O–H groups in total. The van der Waals surface area contributed by atoms with Crippen LogP contribution in [-0.2, 0) is 6.54 Å². The van der Waals surface area contributed by atoms with Crippen LogP contribution in [0.1, 0.15) is 12.5 Å². The van der Waals surface area contributed by atoms with Crippen LogP contribution in [-0.4, -0.2) is 31.6 Å². The Morgan fingerprint density at radius 3 is 2.67 bits per heavy atom. The maximum Gasteiger partial charge on any atom is 0.123 e. The Hall–Kier alpha value is -1.06. The Bertz CT molecular complexity index is 299. The third-order valence-corrected chi connectivity index (χ3v) is 2.23. The average Bonchev–Trinajstić information content (AvgIpc) is 2.17. The van der Waals surface area contributed by atoms with Gasteiger partial charge in [0, 0.05) is 24.7 Å². The topological polar surface area (TPSA) is 38.5 Å². The second kappa shape index (κ2) is 5.73. The minimum Gasteiger partial charge on any atom is -0.496 e. The lowest BCUT2D eigenvalue weighted by atomic mass is 10.2. The highest BCUT2D eigenvalue weighted by Crippen LogP contribution is 2.18. The van der Waals surface area contributed by atoms with Gasteiger partial charge in [-0.2, -0.15) is 0 Å². The Morgan fingerprint density at radius 2 is 2.07 bits per heavy atom. The van der Waals surface area contributed by atoms with Crippen LogP contribution in [0, 0.1) is 0 Å². The summed E-state index contributed by atoms with van der Waals surface area (Å²) in [6, 6.07) is 8.27. The summed E-state index contributed by atoms with van der Waals surface area (Å²) in [6.45, 7) is 3.77. The van der Waals surface area contributed by atoms with Gasteiger partial charge in [-0.05, 0) is 20.0 Å². The van der Waals surface area contributed by atoms with Crippen molar-refractivity contribution in [1.82, 2.24) is 4.90 Å². The van der Waals surface area contributed by atoms with Gasteiger partial charge in [0.05, 0.1) is 7.11 Å². The number of ether oxygens (including phenoxy) is 1. The lowest BCUT2D eigenvalue weighted by Gasteiger charge is -2.20. The van der Waals surface area contributed by atoms with Crippen LogP contribution in [0.5, 0.6) is 5.75 Å². The largest absolute Gasteiger partial charge is 0.496 e. The van der Waals surface area contributed by atoms with Gasteiger partial charge in [0.15, 0.2) is 0 Å². The molecule has 1 aromatic rings. The third-order valence-electron chi connectivity index (χ3n) is 2.23. The van der Waals surface area contributed by atoms with Crippen LogP contribution in [0.25, 0.3) is 0 Å². The number of nitrogens with two attached hydrogens (primary N) is 1. The fraction of sp³-hybridized carbons (Fsp3) is 0.500. The predicted molar refractivity (Wildman–Crippen MR) is 63.0 cm³/mol. The molecule has 0 heterocycles. The van der Waals surface area contributed by atoms with Crippen molar-refractivity contribution in [2.24, 2.45) is 5.73 Å². The fourth-order valence-corrected chi connectivity index (χ4v) is 1.68. The van der Waals surface area contributed by atoms with E-state index in [1.807, 2.05) is 25.1 Å². The molecule has 0 spiro atoms. The van der Waals surface area contributed by atoms with Crippen molar-refractivity contribution in [2.45, 2.75) is 19.5 Å². The highest BCUT2D eigenvalue weighted by molar-refractivity contribution is 5.32. The SMILES string of the molecule is COc1ccccc1CN(C)C[C@H](C)N. The molecule has 0 amide bonds. The normalized spacial score (nSPS) is 12.9. The van der Waals surface area contributed by atoms with E-state index in [2.05, 4.69) is 18.0 Å². The van der Waals surface area contributed by atoms with E-state index in [-0.39, 0.29) is 6.04 Å². The summed E-state index contributed by atoms with van der Waals surface area (Å²) in [4.78, 5) is 2.20. The first kappa shape index (κ1) is 12.0. The molecule has 0 bridgehead atoms. The number of hydrogen-bond acceptors (Lipinski definition) is 3. The van der Waals surface area contributed by atoms with Crippen LogP contribution in [0.2, 0.25) is 0 Å². The van der Waals surface area contributed by atoms with Crippen LogP contribution < -0.4 is 10.5 Å². The number of rotatable bonds is 5. The number of methoxy groups -OCH3 is 1. The zero-order valence-corrected chi connectivity index (χ0v) is 9.73. The van der Waals surface area contributed by atoms with Crippen molar-refractivity contribution in [3.63, 3.8) is 0 Å². The molecule has 15 heavy (non-hydrogen) atoms. The van der Waals surface area contributed by atoms with E-state index in [4.69, 9.17) is 10.5 Å². The van der Waals surface area contributed by atoms with Gasteiger partial charge in [-0.1, -0.05) is 18.2 Å². The lowest BCUT2D eigenvalue weighted by molar-refractivity contribution is 0.302. The predicted octanol–water partition coefficient (Wildman–Crippen LogP) is 1.47. The first-order valence-electron chi connectivity index (χ1n) is 5.19. The van der Waals surface area contributed by atoms with Crippen LogP contribution >= 0.6 is 0 Å². The summed E-state index contributed by atoms with van der Waals surface area (Å²) in [5.41, 5.74) is 6.94. The summed E-state index contributed by atoms with van der Waals surface area (Å²) in [5, 5.41) is 0. The Balaban J connectivity index is 2.63. The molecule has 3 nitrogen and oxygen atoms in total. The van der Waals surface area contributed by atoms with Crippen LogP contribution in [0.3, 0.4) is 0 Å². The van der Waals surface area contributed by atoms with E-state index in [0.29, 0.717) is 0 Å². The van der Waals surface area contributed by atoms with Gasteiger partial charge < -0.3 is 15.4 Å². The molecule has 0 aliphatic carbocycles. The van der Waals surface area contributed by atoms with Gasteiger partial charge in [0.1, 0.15) is 5.75 Å². The smallest absolute Gasteiger partial charge is 0.123 e.